The third kappa shape index (κ3) is 1.99. The van der Waals surface area contributed by atoms with E-state index in [-0.39, 0.29) is 5.91 Å². The zero-order chi connectivity index (χ0) is 11.4. The summed E-state index contributed by atoms with van der Waals surface area (Å²) in [6.45, 7) is 1.77. The molecule has 1 saturated heterocycles. The van der Waals surface area contributed by atoms with Gasteiger partial charge in [-0.15, -0.1) is 0 Å². The quantitative estimate of drug-likeness (QED) is 0.680. The molecule has 82 valence electrons. The van der Waals surface area contributed by atoms with Crippen molar-refractivity contribution in [3.63, 3.8) is 0 Å². The summed E-state index contributed by atoms with van der Waals surface area (Å²) in [5.74, 6) is -0.164. The second-order valence-corrected chi connectivity index (χ2v) is 3.48. The van der Waals surface area contributed by atoms with E-state index in [4.69, 9.17) is 5.26 Å². The molecule has 1 amide bonds. The van der Waals surface area contributed by atoms with Crippen molar-refractivity contribution >= 4 is 5.91 Å². The molecule has 1 atom stereocenters. The number of hydrogen-bond acceptors (Lipinski definition) is 5. The van der Waals surface area contributed by atoms with Crippen molar-refractivity contribution in [1.29, 1.82) is 5.26 Å². The van der Waals surface area contributed by atoms with Crippen molar-refractivity contribution in [3.8, 4) is 6.07 Å². The van der Waals surface area contributed by atoms with Gasteiger partial charge in [0, 0.05) is 19.6 Å². The molecule has 0 spiro atoms. The van der Waals surface area contributed by atoms with E-state index in [9.17, 15) is 4.79 Å². The van der Waals surface area contributed by atoms with Crippen LogP contribution in [0.3, 0.4) is 0 Å². The molecule has 1 N–H and O–H groups in total. The van der Waals surface area contributed by atoms with Crippen LogP contribution in [0, 0.1) is 11.3 Å². The molecule has 6 nitrogen and oxygen atoms in total. The lowest BCUT2D eigenvalue weighted by Gasteiger charge is -2.31. The first-order chi connectivity index (χ1) is 7.83. The van der Waals surface area contributed by atoms with E-state index in [1.165, 1.54) is 12.4 Å². The summed E-state index contributed by atoms with van der Waals surface area (Å²) < 4.78 is 0. The number of carbonyl (C=O) groups excluding carboxylic acids is 1. The minimum Gasteiger partial charge on any atom is -0.320 e. The number of carbonyl (C=O) groups is 1. The van der Waals surface area contributed by atoms with Crippen molar-refractivity contribution in [3.05, 3.63) is 24.0 Å². The van der Waals surface area contributed by atoms with E-state index in [0.29, 0.717) is 25.2 Å². The lowest BCUT2D eigenvalue weighted by atomic mass is 10.1. The Hall–Kier alpha value is -2.00. The van der Waals surface area contributed by atoms with E-state index in [0.717, 1.165) is 0 Å². The molecule has 1 aromatic rings. The zero-order valence-electron chi connectivity index (χ0n) is 8.63. The third-order valence-corrected chi connectivity index (χ3v) is 2.48. The highest BCUT2D eigenvalue weighted by Gasteiger charge is 2.27. The number of nitrogens with one attached hydrogen (secondary N) is 1. The minimum absolute atomic E-state index is 0.164. The predicted molar refractivity (Wildman–Crippen MR) is 55.3 cm³/mol. The molecule has 0 saturated carbocycles. The molecule has 0 radical (unpaired) electrons. The van der Waals surface area contributed by atoms with Crippen LogP contribution in [0.4, 0.5) is 0 Å². The van der Waals surface area contributed by atoms with Crippen molar-refractivity contribution < 1.29 is 4.79 Å². The van der Waals surface area contributed by atoms with Crippen LogP contribution in [0.2, 0.25) is 0 Å². The Morgan fingerprint density at radius 2 is 2.50 bits per heavy atom. The van der Waals surface area contributed by atoms with E-state index < -0.39 is 6.04 Å². The maximum absolute atomic E-state index is 12.0. The molecular weight excluding hydrogens is 206 g/mol. The van der Waals surface area contributed by atoms with Crippen LogP contribution in [0.25, 0.3) is 0 Å². The number of hydrogen-bond donors (Lipinski definition) is 1. The Morgan fingerprint density at radius 1 is 1.62 bits per heavy atom. The van der Waals surface area contributed by atoms with Gasteiger partial charge in [-0.2, -0.15) is 15.5 Å². The molecule has 0 aromatic carbocycles. The maximum Gasteiger partial charge on any atom is 0.256 e. The molecule has 1 unspecified atom stereocenters. The van der Waals surface area contributed by atoms with Crippen LogP contribution in [-0.2, 0) is 0 Å². The topological polar surface area (TPSA) is 81.9 Å². The molecule has 2 rings (SSSR count). The van der Waals surface area contributed by atoms with Crippen molar-refractivity contribution in [2.24, 2.45) is 0 Å². The standard InChI is InChI=1S/C10H11N5O/c11-5-9-7-12-3-4-15(9)10(16)8-1-2-13-14-6-8/h1-2,6,9,12H,3-4,7H2. The Kier molecular flexibility index (Phi) is 3.08. The first-order valence-electron chi connectivity index (χ1n) is 5.01. The van der Waals surface area contributed by atoms with Crippen LogP contribution in [-0.4, -0.2) is 46.7 Å². The van der Waals surface area contributed by atoms with Gasteiger partial charge in [-0.25, -0.2) is 0 Å². The number of amides is 1. The monoisotopic (exact) mass is 217 g/mol. The van der Waals surface area contributed by atoms with Gasteiger partial charge in [0.25, 0.3) is 5.91 Å². The number of nitriles is 1. The first kappa shape index (κ1) is 10.5. The smallest absolute Gasteiger partial charge is 0.256 e. The molecule has 2 heterocycles. The summed E-state index contributed by atoms with van der Waals surface area (Å²) in [5, 5.41) is 19.3. The summed E-state index contributed by atoms with van der Waals surface area (Å²) in [6, 6.07) is 3.31. The van der Waals surface area contributed by atoms with Gasteiger partial charge in [-0.05, 0) is 6.07 Å². The van der Waals surface area contributed by atoms with Gasteiger partial charge in [0.1, 0.15) is 6.04 Å². The Bertz CT molecular complexity index is 413. The fourth-order valence-electron chi connectivity index (χ4n) is 1.65. The van der Waals surface area contributed by atoms with Gasteiger partial charge >= 0.3 is 0 Å². The molecule has 16 heavy (non-hydrogen) atoms. The third-order valence-electron chi connectivity index (χ3n) is 2.48. The number of piperazine rings is 1. The Labute approximate surface area is 92.9 Å². The first-order valence-corrected chi connectivity index (χ1v) is 5.01. The fourth-order valence-corrected chi connectivity index (χ4v) is 1.65. The molecular formula is C10H11N5O. The maximum atomic E-state index is 12.0. The van der Waals surface area contributed by atoms with Crippen LogP contribution in [0.15, 0.2) is 18.5 Å². The van der Waals surface area contributed by atoms with Crippen LogP contribution in [0.5, 0.6) is 0 Å². The zero-order valence-corrected chi connectivity index (χ0v) is 8.63. The summed E-state index contributed by atoms with van der Waals surface area (Å²) in [4.78, 5) is 13.6. The minimum atomic E-state index is -0.408. The summed E-state index contributed by atoms with van der Waals surface area (Å²) in [7, 11) is 0. The molecule has 6 heteroatoms. The van der Waals surface area contributed by atoms with Gasteiger partial charge in [0.05, 0.1) is 24.0 Å². The fraction of sp³-hybridized carbons (Fsp3) is 0.400. The SMILES string of the molecule is N#CC1CNCCN1C(=O)c1ccnnc1. The largest absolute Gasteiger partial charge is 0.320 e. The van der Waals surface area contributed by atoms with E-state index in [2.05, 4.69) is 21.6 Å². The molecule has 1 aliphatic rings. The van der Waals surface area contributed by atoms with E-state index in [1.54, 1.807) is 11.0 Å². The predicted octanol–water partition coefficient (Wildman–Crippen LogP) is -0.586. The highest BCUT2D eigenvalue weighted by atomic mass is 16.2. The van der Waals surface area contributed by atoms with Crippen LogP contribution >= 0.6 is 0 Å². The molecule has 1 aromatic heterocycles. The summed E-state index contributed by atoms with van der Waals surface area (Å²) >= 11 is 0. The lowest BCUT2D eigenvalue weighted by Crippen LogP contribution is -2.53. The van der Waals surface area contributed by atoms with Gasteiger partial charge < -0.3 is 10.2 Å². The number of nitrogens with zero attached hydrogens (tertiary/aromatic N) is 4. The molecule has 0 aliphatic carbocycles. The Balaban J connectivity index is 2.18. The van der Waals surface area contributed by atoms with E-state index >= 15 is 0 Å². The van der Waals surface area contributed by atoms with E-state index in [1.807, 2.05) is 0 Å². The molecule has 1 fully saturated rings. The number of aromatic nitrogens is 2. The number of rotatable bonds is 1. The molecule has 1 aliphatic heterocycles. The van der Waals surface area contributed by atoms with Crippen LogP contribution < -0.4 is 5.32 Å². The lowest BCUT2D eigenvalue weighted by molar-refractivity contribution is 0.0686. The van der Waals surface area contributed by atoms with Gasteiger partial charge in [0.15, 0.2) is 0 Å². The molecule has 0 bridgehead atoms. The second-order valence-electron chi connectivity index (χ2n) is 3.48. The van der Waals surface area contributed by atoms with Crippen molar-refractivity contribution in [1.82, 2.24) is 20.4 Å². The van der Waals surface area contributed by atoms with Gasteiger partial charge in [-0.1, -0.05) is 0 Å². The highest BCUT2D eigenvalue weighted by molar-refractivity contribution is 5.94. The Morgan fingerprint density at radius 3 is 3.19 bits per heavy atom. The normalized spacial score (nSPS) is 20.2. The van der Waals surface area contributed by atoms with Gasteiger partial charge in [0.2, 0.25) is 0 Å². The van der Waals surface area contributed by atoms with Crippen molar-refractivity contribution in [2.45, 2.75) is 6.04 Å². The summed E-state index contributed by atoms with van der Waals surface area (Å²) in [6.07, 6.45) is 2.88. The highest BCUT2D eigenvalue weighted by Crippen LogP contribution is 2.08. The van der Waals surface area contributed by atoms with Gasteiger partial charge in [-0.3, -0.25) is 4.79 Å². The summed E-state index contributed by atoms with van der Waals surface area (Å²) in [5.41, 5.74) is 0.470. The average Bonchev–Trinajstić information content (AvgIpc) is 2.39. The second kappa shape index (κ2) is 4.68. The average molecular weight is 217 g/mol. The van der Waals surface area contributed by atoms with Crippen LogP contribution in [0.1, 0.15) is 10.4 Å². The van der Waals surface area contributed by atoms with Crippen molar-refractivity contribution in [2.75, 3.05) is 19.6 Å².